The lowest BCUT2D eigenvalue weighted by Crippen LogP contribution is -2.31. The maximum absolute atomic E-state index is 14.5. The van der Waals surface area contributed by atoms with Gasteiger partial charge in [-0.2, -0.15) is 0 Å². The van der Waals surface area contributed by atoms with Gasteiger partial charge in [0.2, 0.25) is 0 Å². The van der Waals surface area contributed by atoms with Crippen LogP contribution >= 0.6 is 0 Å². The number of nitrogens with one attached hydrogen (secondary N) is 1. The molecule has 5 aromatic rings. The van der Waals surface area contributed by atoms with Crippen LogP contribution in [-0.4, -0.2) is 50.9 Å². The van der Waals surface area contributed by atoms with E-state index in [0.29, 0.717) is 23.9 Å². The van der Waals surface area contributed by atoms with E-state index < -0.39 is 17.6 Å². The van der Waals surface area contributed by atoms with Gasteiger partial charge in [-0.15, -0.1) is 0 Å². The van der Waals surface area contributed by atoms with Crippen molar-refractivity contribution in [3.05, 3.63) is 119 Å². The van der Waals surface area contributed by atoms with Crippen molar-refractivity contribution >= 4 is 16.9 Å². The van der Waals surface area contributed by atoms with Crippen molar-refractivity contribution in [3.8, 4) is 16.9 Å². The smallest absolute Gasteiger partial charge is 0.255 e. The zero-order valence-corrected chi connectivity index (χ0v) is 22.8. The number of likely N-dealkylation sites (tertiary alicyclic amines) is 1. The SMILES string of the molecule is C.CN1CCC(c2ccc(-c3ccc4c(c3)C(=O)N(C(c3nc5ccccc5[nH]3)c3cccc(F)c3O)C4)cc2)CC1. The van der Waals surface area contributed by atoms with Crippen LogP contribution in [0.25, 0.3) is 22.2 Å². The fourth-order valence-corrected chi connectivity index (χ4v) is 6.32. The summed E-state index contributed by atoms with van der Waals surface area (Å²) < 4.78 is 14.5. The molecule has 4 aromatic carbocycles. The minimum absolute atomic E-state index is 0. The van der Waals surface area contributed by atoms with Crippen molar-refractivity contribution in [1.29, 1.82) is 0 Å². The molecule has 0 saturated carbocycles. The first kappa shape index (κ1) is 27.7. The summed E-state index contributed by atoms with van der Waals surface area (Å²) in [7, 11) is 2.18. The van der Waals surface area contributed by atoms with Crippen molar-refractivity contribution in [2.45, 2.75) is 38.8 Å². The lowest BCUT2D eigenvalue weighted by molar-refractivity contribution is 0.0723. The number of aromatic nitrogens is 2. The molecule has 214 valence electrons. The zero-order valence-electron chi connectivity index (χ0n) is 22.8. The third-order valence-corrected chi connectivity index (χ3v) is 8.67. The van der Waals surface area contributed by atoms with Crippen LogP contribution in [0, 0.1) is 5.82 Å². The number of hydrogen-bond acceptors (Lipinski definition) is 4. The van der Waals surface area contributed by atoms with Gasteiger partial charge in [-0.25, -0.2) is 9.37 Å². The highest BCUT2D eigenvalue weighted by molar-refractivity contribution is 6.00. The zero-order chi connectivity index (χ0) is 28.1. The Kier molecular flexibility index (Phi) is 7.29. The number of aromatic hydroxyl groups is 1. The number of amides is 1. The molecule has 1 unspecified atom stereocenters. The molecule has 42 heavy (non-hydrogen) atoms. The van der Waals surface area contributed by atoms with Crippen molar-refractivity contribution in [1.82, 2.24) is 19.8 Å². The lowest BCUT2D eigenvalue weighted by atomic mass is 9.88. The van der Waals surface area contributed by atoms with Crippen molar-refractivity contribution in [2.75, 3.05) is 20.1 Å². The summed E-state index contributed by atoms with van der Waals surface area (Å²) in [6.45, 7) is 2.57. The third kappa shape index (κ3) is 4.84. The molecular formula is C35H35FN4O2. The first-order valence-corrected chi connectivity index (χ1v) is 14.1. The molecule has 0 spiro atoms. The van der Waals surface area contributed by atoms with E-state index in [4.69, 9.17) is 4.98 Å². The molecule has 0 aliphatic carbocycles. The average Bonchev–Trinajstić information content (AvgIpc) is 3.57. The summed E-state index contributed by atoms with van der Waals surface area (Å²) in [6, 6.07) is 25.9. The number of aromatic amines is 1. The number of phenolic OH excluding ortho intramolecular Hbond substituents is 1. The molecule has 1 amide bonds. The summed E-state index contributed by atoms with van der Waals surface area (Å²) in [5.41, 5.74) is 6.73. The average molecular weight is 563 g/mol. The number of piperidine rings is 1. The molecule has 7 heteroatoms. The summed E-state index contributed by atoms with van der Waals surface area (Å²) in [5.74, 6) is -0.340. The number of hydrogen-bond donors (Lipinski definition) is 2. The molecular weight excluding hydrogens is 527 g/mol. The van der Waals surface area contributed by atoms with Crippen LogP contribution in [0.3, 0.4) is 0 Å². The number of imidazole rings is 1. The van der Waals surface area contributed by atoms with Crippen molar-refractivity contribution in [3.63, 3.8) is 0 Å². The Hall–Kier alpha value is -4.49. The second-order valence-electron chi connectivity index (χ2n) is 11.2. The minimum Gasteiger partial charge on any atom is -0.505 e. The topological polar surface area (TPSA) is 72.5 Å². The Morgan fingerprint density at radius 2 is 1.69 bits per heavy atom. The van der Waals surface area contributed by atoms with Gasteiger partial charge >= 0.3 is 0 Å². The monoisotopic (exact) mass is 562 g/mol. The molecule has 2 aliphatic heterocycles. The van der Waals surface area contributed by atoms with Crippen LogP contribution in [0.1, 0.15) is 65.1 Å². The summed E-state index contributed by atoms with van der Waals surface area (Å²) in [5, 5.41) is 10.7. The largest absolute Gasteiger partial charge is 0.505 e. The Balaban J connectivity index is 0.00000316. The number of benzene rings is 4. The Labute approximate surface area is 245 Å². The molecule has 2 N–H and O–H groups in total. The van der Waals surface area contributed by atoms with Crippen LogP contribution < -0.4 is 0 Å². The van der Waals surface area contributed by atoms with E-state index in [9.17, 15) is 14.3 Å². The molecule has 1 aromatic heterocycles. The van der Waals surface area contributed by atoms with E-state index in [2.05, 4.69) is 47.3 Å². The van der Waals surface area contributed by atoms with Gasteiger partial charge in [-0.05, 0) is 85.4 Å². The molecule has 2 aliphatic rings. The molecule has 1 atom stereocenters. The van der Waals surface area contributed by atoms with Crippen LogP contribution in [0.15, 0.2) is 84.9 Å². The molecule has 1 fully saturated rings. The van der Waals surface area contributed by atoms with Crippen molar-refractivity contribution in [2.24, 2.45) is 0 Å². The van der Waals surface area contributed by atoms with Gasteiger partial charge in [0.25, 0.3) is 5.91 Å². The standard InChI is InChI=1S/C34H31FN4O2.CH4/c1-38-17-15-23(16-18-38)21-9-11-22(12-10-21)24-13-14-25-20-39(34(41)27(25)19-24)31(26-5-4-6-28(35)32(26)40)33-36-29-7-2-3-8-30(29)37-33;/h2-14,19,23,31,40H,15-18,20H2,1H3,(H,36,37);1H4. The molecule has 1 saturated heterocycles. The van der Waals surface area contributed by atoms with Crippen LogP contribution in [0.4, 0.5) is 4.39 Å². The van der Waals surface area contributed by atoms with E-state index >= 15 is 0 Å². The molecule has 7 rings (SSSR count). The first-order valence-electron chi connectivity index (χ1n) is 14.1. The van der Waals surface area contributed by atoms with Crippen LogP contribution in [0.5, 0.6) is 5.75 Å². The number of phenols is 1. The third-order valence-electron chi connectivity index (χ3n) is 8.67. The van der Waals surface area contributed by atoms with E-state index in [1.165, 1.54) is 24.5 Å². The quantitative estimate of drug-likeness (QED) is 0.236. The van der Waals surface area contributed by atoms with Gasteiger partial charge in [0, 0.05) is 17.7 Å². The fourth-order valence-electron chi connectivity index (χ4n) is 6.32. The minimum atomic E-state index is -0.796. The number of fused-ring (bicyclic) bond motifs is 2. The number of H-pyrrole nitrogens is 1. The predicted molar refractivity (Wildman–Crippen MR) is 164 cm³/mol. The highest BCUT2D eigenvalue weighted by atomic mass is 19.1. The maximum Gasteiger partial charge on any atom is 0.255 e. The van der Waals surface area contributed by atoms with Gasteiger partial charge in [-0.3, -0.25) is 4.79 Å². The van der Waals surface area contributed by atoms with E-state index in [0.717, 1.165) is 40.8 Å². The first-order chi connectivity index (χ1) is 20.0. The van der Waals surface area contributed by atoms with Gasteiger partial charge in [-0.1, -0.05) is 68.1 Å². The highest BCUT2D eigenvalue weighted by Crippen LogP contribution is 2.40. The highest BCUT2D eigenvalue weighted by Gasteiger charge is 2.38. The van der Waals surface area contributed by atoms with E-state index in [1.54, 1.807) is 17.0 Å². The van der Waals surface area contributed by atoms with Gasteiger partial charge in [0.1, 0.15) is 11.9 Å². The molecule has 0 bridgehead atoms. The lowest BCUT2D eigenvalue weighted by Gasteiger charge is -2.29. The molecule has 0 radical (unpaired) electrons. The number of rotatable bonds is 5. The van der Waals surface area contributed by atoms with Gasteiger partial charge in [0.15, 0.2) is 11.6 Å². The number of carbonyl (C=O) groups is 1. The van der Waals surface area contributed by atoms with Crippen LogP contribution in [0.2, 0.25) is 0 Å². The van der Waals surface area contributed by atoms with Gasteiger partial charge in [0.05, 0.1) is 11.0 Å². The normalized spacial score (nSPS) is 16.4. The Bertz CT molecular complexity index is 1720. The summed E-state index contributed by atoms with van der Waals surface area (Å²) >= 11 is 0. The number of nitrogens with zero attached hydrogens (tertiary/aromatic N) is 3. The maximum atomic E-state index is 14.5. The number of para-hydroxylation sites is 3. The summed E-state index contributed by atoms with van der Waals surface area (Å²) in [6.07, 6.45) is 2.35. The Morgan fingerprint density at radius 1 is 0.952 bits per heavy atom. The number of carbonyl (C=O) groups excluding carboxylic acids is 1. The second-order valence-corrected chi connectivity index (χ2v) is 11.2. The second kappa shape index (κ2) is 11.1. The van der Waals surface area contributed by atoms with E-state index in [-0.39, 0.29) is 18.9 Å². The van der Waals surface area contributed by atoms with E-state index in [1.807, 2.05) is 36.4 Å². The summed E-state index contributed by atoms with van der Waals surface area (Å²) in [4.78, 5) is 26.0. The predicted octanol–water partition coefficient (Wildman–Crippen LogP) is 7.27. The molecule has 3 heterocycles. The van der Waals surface area contributed by atoms with Crippen LogP contribution in [-0.2, 0) is 6.54 Å². The Morgan fingerprint density at radius 3 is 2.45 bits per heavy atom. The van der Waals surface area contributed by atoms with Crippen molar-refractivity contribution < 1.29 is 14.3 Å². The number of halogens is 1. The fraction of sp³-hybridized carbons (Fsp3) is 0.257. The van der Waals surface area contributed by atoms with Gasteiger partial charge < -0.3 is 19.9 Å². The molecule has 6 nitrogen and oxygen atoms in total.